The third kappa shape index (κ3) is 3.77. The molecule has 0 bridgehead atoms. The van der Waals surface area contributed by atoms with Crippen LogP contribution >= 0.6 is 0 Å². The van der Waals surface area contributed by atoms with Gasteiger partial charge in [-0.05, 0) is 45.5 Å². The van der Waals surface area contributed by atoms with Crippen LogP contribution in [0.4, 0.5) is 0 Å². The highest BCUT2D eigenvalue weighted by Gasteiger charge is 2.12. The second kappa shape index (κ2) is 7.65. The van der Waals surface area contributed by atoms with Crippen LogP contribution in [0.25, 0.3) is 16.5 Å². The number of nitrogens with zero attached hydrogens (tertiary/aromatic N) is 4. The Morgan fingerprint density at radius 1 is 1.00 bits per heavy atom. The van der Waals surface area contributed by atoms with Gasteiger partial charge in [-0.15, -0.1) is 5.10 Å². The number of tetrazole rings is 1. The maximum atomic E-state index is 12.5. The number of ether oxygens (including phenoxy) is 1. The largest absolute Gasteiger partial charge is 0.492 e. The summed E-state index contributed by atoms with van der Waals surface area (Å²) < 4.78 is 7.21. The third-order valence-corrected chi connectivity index (χ3v) is 4.12. The number of amides is 1. The Morgan fingerprint density at radius 2 is 1.81 bits per heavy atom. The molecule has 0 atom stereocenters. The highest BCUT2D eigenvalue weighted by Crippen LogP contribution is 2.20. The van der Waals surface area contributed by atoms with E-state index >= 15 is 0 Å². The highest BCUT2D eigenvalue weighted by atomic mass is 16.5. The molecule has 7 heteroatoms. The minimum Gasteiger partial charge on any atom is -0.492 e. The lowest BCUT2D eigenvalue weighted by Crippen LogP contribution is -2.29. The van der Waals surface area contributed by atoms with Crippen molar-refractivity contribution >= 4 is 16.7 Å². The average molecular weight is 359 g/mol. The third-order valence-electron chi connectivity index (χ3n) is 4.12. The van der Waals surface area contributed by atoms with Crippen molar-refractivity contribution < 1.29 is 9.53 Å². The molecule has 0 aliphatic carbocycles. The summed E-state index contributed by atoms with van der Waals surface area (Å²) in [5.74, 6) is 0.570. The van der Waals surface area contributed by atoms with Crippen molar-refractivity contribution in [3.05, 3.63) is 78.6 Å². The van der Waals surface area contributed by atoms with E-state index in [-0.39, 0.29) is 5.91 Å². The zero-order chi connectivity index (χ0) is 18.5. The lowest BCUT2D eigenvalue weighted by atomic mass is 10.1. The number of aromatic nitrogens is 4. The number of carbonyl (C=O) groups is 1. The van der Waals surface area contributed by atoms with Crippen LogP contribution in [-0.2, 0) is 0 Å². The van der Waals surface area contributed by atoms with Gasteiger partial charge in [-0.25, -0.2) is 0 Å². The second-order valence-corrected chi connectivity index (χ2v) is 5.88. The summed E-state index contributed by atoms with van der Waals surface area (Å²) in [6.07, 6.45) is 1.45. The van der Waals surface area contributed by atoms with E-state index in [4.69, 9.17) is 4.74 Å². The predicted molar refractivity (Wildman–Crippen MR) is 101 cm³/mol. The molecule has 4 rings (SSSR count). The van der Waals surface area contributed by atoms with Gasteiger partial charge in [0.1, 0.15) is 18.7 Å². The molecule has 3 aromatic carbocycles. The van der Waals surface area contributed by atoms with Gasteiger partial charge in [0, 0.05) is 0 Å². The number of para-hydroxylation sites is 1. The van der Waals surface area contributed by atoms with Gasteiger partial charge < -0.3 is 10.1 Å². The molecule has 0 unspecified atom stereocenters. The minimum atomic E-state index is -0.205. The fourth-order valence-electron chi connectivity index (χ4n) is 2.82. The molecule has 0 spiro atoms. The van der Waals surface area contributed by atoms with E-state index < -0.39 is 0 Å². The molecule has 27 heavy (non-hydrogen) atoms. The van der Waals surface area contributed by atoms with Crippen molar-refractivity contribution in [3.63, 3.8) is 0 Å². The second-order valence-electron chi connectivity index (χ2n) is 5.88. The summed E-state index contributed by atoms with van der Waals surface area (Å²) in [5, 5.41) is 16.2. The Labute approximate surface area is 155 Å². The van der Waals surface area contributed by atoms with E-state index in [1.165, 1.54) is 11.0 Å². The average Bonchev–Trinajstić information content (AvgIpc) is 3.26. The maximum Gasteiger partial charge on any atom is 0.253 e. The number of fused-ring (bicyclic) bond motifs is 1. The highest BCUT2D eigenvalue weighted by molar-refractivity contribution is 5.97. The monoisotopic (exact) mass is 359 g/mol. The summed E-state index contributed by atoms with van der Waals surface area (Å²) in [7, 11) is 0. The summed E-state index contributed by atoms with van der Waals surface area (Å²) in [5.41, 5.74) is 1.12. The Hall–Kier alpha value is -3.74. The molecule has 0 radical (unpaired) electrons. The molecule has 1 amide bonds. The van der Waals surface area contributed by atoms with E-state index in [1.54, 1.807) is 18.2 Å². The van der Waals surface area contributed by atoms with Gasteiger partial charge in [0.15, 0.2) is 0 Å². The van der Waals surface area contributed by atoms with E-state index in [1.807, 2.05) is 42.5 Å². The smallest absolute Gasteiger partial charge is 0.253 e. The van der Waals surface area contributed by atoms with Crippen LogP contribution in [0.3, 0.4) is 0 Å². The van der Waals surface area contributed by atoms with Crippen LogP contribution in [0.2, 0.25) is 0 Å². The van der Waals surface area contributed by atoms with Gasteiger partial charge >= 0.3 is 0 Å². The Bertz CT molecular complexity index is 1060. The zero-order valence-corrected chi connectivity index (χ0v) is 14.4. The van der Waals surface area contributed by atoms with Gasteiger partial charge in [-0.3, -0.25) is 4.79 Å². The van der Waals surface area contributed by atoms with E-state index in [9.17, 15) is 4.79 Å². The summed E-state index contributed by atoms with van der Waals surface area (Å²) in [6, 6.07) is 21.2. The molecule has 134 valence electrons. The molecule has 0 saturated carbocycles. The van der Waals surface area contributed by atoms with Gasteiger partial charge in [-0.1, -0.05) is 42.5 Å². The number of benzene rings is 3. The maximum absolute atomic E-state index is 12.5. The first-order valence-corrected chi connectivity index (χ1v) is 8.53. The van der Waals surface area contributed by atoms with Crippen LogP contribution < -0.4 is 10.1 Å². The standard InChI is InChI=1S/C20H17N5O2/c26-20(18-7-3-4-8-19(18)25-14-22-23-24-25)21-11-12-27-17-10-9-15-5-1-2-6-16(15)13-17/h1-10,13-14H,11-12H2,(H,21,26). The first-order valence-electron chi connectivity index (χ1n) is 8.53. The topological polar surface area (TPSA) is 81.9 Å². The fourth-order valence-corrected chi connectivity index (χ4v) is 2.82. The quantitative estimate of drug-likeness (QED) is 0.535. The molecule has 4 aromatic rings. The molecule has 0 fully saturated rings. The molecule has 1 aromatic heterocycles. The van der Waals surface area contributed by atoms with E-state index in [2.05, 4.69) is 26.9 Å². The van der Waals surface area contributed by atoms with Crippen LogP contribution in [-0.4, -0.2) is 39.3 Å². The Kier molecular flexibility index (Phi) is 4.74. The summed E-state index contributed by atoms with van der Waals surface area (Å²) in [6.45, 7) is 0.757. The fraction of sp³-hybridized carbons (Fsp3) is 0.100. The van der Waals surface area contributed by atoms with Gasteiger partial charge in [0.25, 0.3) is 5.91 Å². The van der Waals surface area contributed by atoms with Crippen LogP contribution in [0, 0.1) is 0 Å². The van der Waals surface area contributed by atoms with Crippen molar-refractivity contribution in [2.45, 2.75) is 0 Å². The normalized spacial score (nSPS) is 10.7. The molecule has 7 nitrogen and oxygen atoms in total. The van der Waals surface area contributed by atoms with Crippen LogP contribution in [0.1, 0.15) is 10.4 Å². The Morgan fingerprint density at radius 3 is 2.67 bits per heavy atom. The Balaban J connectivity index is 1.36. The van der Waals surface area contributed by atoms with Gasteiger partial charge in [-0.2, -0.15) is 4.68 Å². The van der Waals surface area contributed by atoms with E-state index in [0.717, 1.165) is 16.5 Å². The molecule has 1 N–H and O–H groups in total. The number of carbonyl (C=O) groups excluding carboxylic acids is 1. The zero-order valence-electron chi connectivity index (χ0n) is 14.4. The van der Waals surface area contributed by atoms with Crippen molar-refractivity contribution in [2.75, 3.05) is 13.2 Å². The van der Waals surface area contributed by atoms with Crippen LogP contribution in [0.15, 0.2) is 73.1 Å². The number of rotatable bonds is 6. The number of hydrogen-bond acceptors (Lipinski definition) is 5. The van der Waals surface area contributed by atoms with Crippen molar-refractivity contribution in [2.24, 2.45) is 0 Å². The van der Waals surface area contributed by atoms with E-state index in [0.29, 0.717) is 24.4 Å². The lowest BCUT2D eigenvalue weighted by molar-refractivity contribution is 0.0947. The predicted octanol–water partition coefficient (Wildman–Crippen LogP) is 2.62. The van der Waals surface area contributed by atoms with Crippen LogP contribution in [0.5, 0.6) is 5.75 Å². The first kappa shape index (κ1) is 16.7. The summed E-state index contributed by atoms with van der Waals surface area (Å²) >= 11 is 0. The van der Waals surface area contributed by atoms with Crippen molar-refractivity contribution in [3.8, 4) is 11.4 Å². The number of nitrogens with one attached hydrogen (secondary N) is 1. The number of hydrogen-bond donors (Lipinski definition) is 1. The summed E-state index contributed by atoms with van der Waals surface area (Å²) in [4.78, 5) is 12.5. The SMILES string of the molecule is O=C(NCCOc1ccc2ccccc2c1)c1ccccc1-n1cnnn1. The minimum absolute atomic E-state index is 0.205. The van der Waals surface area contributed by atoms with Gasteiger partial charge in [0.2, 0.25) is 0 Å². The molecular formula is C20H17N5O2. The molecule has 0 saturated heterocycles. The molecule has 1 heterocycles. The molecule has 0 aliphatic heterocycles. The van der Waals surface area contributed by atoms with Gasteiger partial charge in [0.05, 0.1) is 17.8 Å². The lowest BCUT2D eigenvalue weighted by Gasteiger charge is -2.10. The van der Waals surface area contributed by atoms with Crippen molar-refractivity contribution in [1.29, 1.82) is 0 Å². The molecule has 0 aliphatic rings. The van der Waals surface area contributed by atoms with Crippen molar-refractivity contribution in [1.82, 2.24) is 25.5 Å². The first-order chi connectivity index (χ1) is 13.3. The molecular weight excluding hydrogens is 342 g/mol.